The Morgan fingerprint density at radius 1 is 1.30 bits per heavy atom. The van der Waals surface area contributed by atoms with Gasteiger partial charge in [-0.3, -0.25) is 9.59 Å². The predicted octanol–water partition coefficient (Wildman–Crippen LogP) is 1.44. The normalized spacial score (nSPS) is 25.4. The van der Waals surface area contributed by atoms with Crippen LogP contribution in [0.4, 0.5) is 0 Å². The molecule has 1 fully saturated rings. The minimum atomic E-state index is -3.13. The number of para-hydroxylation sites is 1. The first-order chi connectivity index (χ1) is 14.1. The topological polar surface area (TPSA) is 118 Å². The summed E-state index contributed by atoms with van der Waals surface area (Å²) >= 11 is 0. The largest absolute Gasteiger partial charge is 0.348 e. The van der Waals surface area contributed by atoms with Gasteiger partial charge in [-0.2, -0.15) is 0 Å². The Bertz CT molecular complexity index is 1190. The zero-order chi connectivity index (χ0) is 21.7. The number of nitrogens with zero attached hydrogens (tertiary/aromatic N) is 2. The number of carbonyl (C=O) groups is 2. The molecule has 4 rings (SSSR count). The summed E-state index contributed by atoms with van der Waals surface area (Å²) in [6.07, 6.45) is 0.382. The summed E-state index contributed by atoms with van der Waals surface area (Å²) in [5, 5.41) is 6.36. The van der Waals surface area contributed by atoms with Crippen LogP contribution in [0.5, 0.6) is 0 Å². The molecule has 2 atom stereocenters. The number of benzene rings is 1. The van der Waals surface area contributed by atoms with Crippen LogP contribution < -0.4 is 10.6 Å². The molecule has 0 spiro atoms. The van der Waals surface area contributed by atoms with E-state index in [0.29, 0.717) is 11.9 Å². The van der Waals surface area contributed by atoms with Gasteiger partial charge in [0.2, 0.25) is 0 Å². The van der Waals surface area contributed by atoms with E-state index in [2.05, 4.69) is 20.6 Å². The molecule has 0 aliphatic carbocycles. The van der Waals surface area contributed by atoms with Crippen molar-refractivity contribution in [2.24, 2.45) is 10.9 Å². The Labute approximate surface area is 175 Å². The van der Waals surface area contributed by atoms with Crippen LogP contribution in [0.15, 0.2) is 35.3 Å². The summed E-state index contributed by atoms with van der Waals surface area (Å²) in [5.41, 5.74) is 0.257. The van der Waals surface area contributed by atoms with Crippen molar-refractivity contribution in [3.05, 3.63) is 41.6 Å². The van der Waals surface area contributed by atoms with Gasteiger partial charge in [0.25, 0.3) is 11.8 Å². The van der Waals surface area contributed by atoms with Crippen LogP contribution in [0.25, 0.3) is 10.9 Å². The lowest BCUT2D eigenvalue weighted by molar-refractivity contribution is -0.124. The number of amidine groups is 1. The summed E-state index contributed by atoms with van der Waals surface area (Å²) < 4.78 is 23.5. The highest BCUT2D eigenvalue weighted by molar-refractivity contribution is 7.91. The molecule has 30 heavy (non-hydrogen) atoms. The number of carbonyl (C=O) groups excluding carboxylic acids is 2. The second-order valence-electron chi connectivity index (χ2n) is 8.37. The van der Waals surface area contributed by atoms with Crippen LogP contribution in [0.3, 0.4) is 0 Å². The molecule has 0 bridgehead atoms. The number of fused-ring (bicyclic) bond motifs is 1. The third kappa shape index (κ3) is 3.58. The second-order valence-corrected chi connectivity index (χ2v) is 10.6. The van der Waals surface area contributed by atoms with Gasteiger partial charge in [0.05, 0.1) is 22.6 Å². The van der Waals surface area contributed by atoms with Gasteiger partial charge in [0, 0.05) is 11.4 Å². The molecule has 158 valence electrons. The summed E-state index contributed by atoms with van der Waals surface area (Å²) in [5.74, 6) is -0.465. The summed E-state index contributed by atoms with van der Waals surface area (Å²) in [6.45, 7) is 5.58. The molecule has 0 saturated carbocycles. The Balaban J connectivity index is 1.77. The van der Waals surface area contributed by atoms with E-state index in [1.54, 1.807) is 13.0 Å². The number of aliphatic imine (C=N–C) groups is 1. The maximum Gasteiger partial charge on any atom is 0.253 e. The minimum Gasteiger partial charge on any atom is -0.348 e. The summed E-state index contributed by atoms with van der Waals surface area (Å²) in [4.78, 5) is 34.9. The average Bonchev–Trinajstić information content (AvgIpc) is 3.19. The van der Waals surface area contributed by atoms with Gasteiger partial charge in [0.15, 0.2) is 15.7 Å². The molecule has 1 aromatic heterocycles. The lowest BCUT2D eigenvalue weighted by Crippen LogP contribution is -2.41. The average molecular weight is 429 g/mol. The number of pyridine rings is 1. The first-order valence-corrected chi connectivity index (χ1v) is 11.7. The molecular weight excluding hydrogens is 404 g/mol. The molecule has 2 aliphatic heterocycles. The molecule has 2 unspecified atom stereocenters. The van der Waals surface area contributed by atoms with E-state index < -0.39 is 27.3 Å². The first kappa shape index (κ1) is 20.5. The van der Waals surface area contributed by atoms with Crippen molar-refractivity contribution in [3.63, 3.8) is 0 Å². The Morgan fingerprint density at radius 3 is 2.67 bits per heavy atom. The molecule has 2 aromatic rings. The van der Waals surface area contributed by atoms with Crippen LogP contribution in [-0.4, -0.2) is 54.1 Å². The number of hydrogen-bond donors (Lipinski definition) is 2. The monoisotopic (exact) mass is 428 g/mol. The first-order valence-electron chi connectivity index (χ1n) is 9.92. The number of aromatic nitrogens is 1. The van der Waals surface area contributed by atoms with Crippen LogP contribution in [-0.2, 0) is 14.6 Å². The van der Waals surface area contributed by atoms with Gasteiger partial charge in [0.1, 0.15) is 11.2 Å². The number of hydrogen-bond acceptors (Lipinski definition) is 6. The van der Waals surface area contributed by atoms with Gasteiger partial charge in [-0.05, 0) is 31.4 Å². The van der Waals surface area contributed by atoms with Crippen molar-refractivity contribution in [2.45, 2.75) is 38.8 Å². The van der Waals surface area contributed by atoms with E-state index in [0.717, 1.165) is 5.39 Å². The molecule has 9 heteroatoms. The molecule has 2 N–H and O–H groups in total. The fourth-order valence-electron chi connectivity index (χ4n) is 3.69. The summed E-state index contributed by atoms with van der Waals surface area (Å²) in [6, 6.07) is 8.62. The van der Waals surface area contributed by atoms with Crippen molar-refractivity contribution >= 4 is 38.4 Å². The van der Waals surface area contributed by atoms with E-state index in [-0.39, 0.29) is 40.4 Å². The van der Waals surface area contributed by atoms with E-state index in [1.165, 1.54) is 0 Å². The van der Waals surface area contributed by atoms with E-state index in [9.17, 15) is 18.0 Å². The molecule has 0 radical (unpaired) electrons. The lowest BCUT2D eigenvalue weighted by Gasteiger charge is -2.21. The fourth-order valence-corrected chi connectivity index (χ4v) is 5.36. The quantitative estimate of drug-likeness (QED) is 0.764. The van der Waals surface area contributed by atoms with Crippen molar-refractivity contribution in [3.8, 4) is 0 Å². The van der Waals surface area contributed by atoms with Crippen molar-refractivity contribution in [1.82, 2.24) is 15.6 Å². The highest BCUT2D eigenvalue weighted by atomic mass is 32.2. The van der Waals surface area contributed by atoms with E-state index in [4.69, 9.17) is 0 Å². The second kappa shape index (κ2) is 7.16. The molecule has 1 aromatic carbocycles. The minimum absolute atomic E-state index is 0.0450. The highest BCUT2D eigenvalue weighted by Gasteiger charge is 2.43. The van der Waals surface area contributed by atoms with Crippen molar-refractivity contribution in [2.75, 3.05) is 11.5 Å². The van der Waals surface area contributed by atoms with Gasteiger partial charge < -0.3 is 10.6 Å². The van der Waals surface area contributed by atoms with E-state index in [1.807, 2.05) is 38.1 Å². The zero-order valence-corrected chi connectivity index (χ0v) is 17.9. The van der Waals surface area contributed by atoms with Gasteiger partial charge in [-0.25, -0.2) is 18.4 Å². The number of sulfone groups is 1. The predicted molar refractivity (Wildman–Crippen MR) is 114 cm³/mol. The van der Waals surface area contributed by atoms with Crippen LogP contribution in [0.2, 0.25) is 0 Å². The third-order valence-corrected chi connectivity index (χ3v) is 7.69. The van der Waals surface area contributed by atoms with Gasteiger partial charge in [-0.15, -0.1) is 0 Å². The van der Waals surface area contributed by atoms with Crippen LogP contribution >= 0.6 is 0 Å². The maximum absolute atomic E-state index is 13.1. The fraction of sp³-hybridized carbons (Fsp3) is 0.429. The van der Waals surface area contributed by atoms with Crippen LogP contribution in [0, 0.1) is 5.92 Å². The number of nitrogens with one attached hydrogen (secondary N) is 2. The smallest absolute Gasteiger partial charge is 0.253 e. The molecule has 1 saturated heterocycles. The van der Waals surface area contributed by atoms with Crippen molar-refractivity contribution in [1.29, 1.82) is 0 Å². The zero-order valence-electron chi connectivity index (χ0n) is 17.1. The van der Waals surface area contributed by atoms with Crippen LogP contribution in [0.1, 0.15) is 43.2 Å². The Morgan fingerprint density at radius 2 is 2.03 bits per heavy atom. The maximum atomic E-state index is 13.1. The summed E-state index contributed by atoms with van der Waals surface area (Å²) in [7, 11) is -3.13. The highest BCUT2D eigenvalue weighted by Crippen LogP contribution is 2.28. The van der Waals surface area contributed by atoms with Gasteiger partial charge >= 0.3 is 0 Å². The number of rotatable bonds is 4. The molecule has 3 heterocycles. The molecule has 2 aliphatic rings. The van der Waals surface area contributed by atoms with Gasteiger partial charge in [-0.1, -0.05) is 32.0 Å². The molecule has 8 nitrogen and oxygen atoms in total. The van der Waals surface area contributed by atoms with Crippen molar-refractivity contribution < 1.29 is 18.0 Å². The number of amides is 2. The van der Waals surface area contributed by atoms with E-state index >= 15 is 0 Å². The molecule has 2 amide bonds. The SMILES string of the molecule is CC(C)C1(C)N=C(c2nc3ccccc3cc2C(=O)NC2CCS(=O)(=O)C2)NC1=O. The third-order valence-electron chi connectivity index (χ3n) is 5.92. The molecular formula is C21H24N4O4S. The lowest BCUT2D eigenvalue weighted by atomic mass is 9.89. The standard InChI is InChI=1S/C21H24N4O4S/c1-12(2)21(3)20(27)24-18(25-21)17-15(10-13-6-4-5-7-16(13)23-17)19(26)22-14-8-9-30(28,29)11-14/h4-7,10,12,14H,8-9,11H2,1-3H3,(H,22,26)(H,24,25,27). The Hall–Kier alpha value is -2.81. The Kier molecular flexibility index (Phi) is 4.88.